The van der Waals surface area contributed by atoms with Crippen molar-refractivity contribution in [1.29, 1.82) is 0 Å². The molecule has 0 fully saturated rings. The van der Waals surface area contributed by atoms with Gasteiger partial charge in [-0.25, -0.2) is 0 Å². The second-order valence-corrected chi connectivity index (χ2v) is 4.62. The van der Waals surface area contributed by atoms with Gasteiger partial charge in [-0.2, -0.15) is 0 Å². The molecule has 2 heteroatoms. The Balaban J connectivity index is 1.88. The van der Waals surface area contributed by atoms with Gasteiger partial charge in [0.15, 0.2) is 0 Å². The molecule has 0 atom stereocenters. The zero-order chi connectivity index (χ0) is 13.1. The van der Waals surface area contributed by atoms with Crippen molar-refractivity contribution in [3.8, 4) is 11.3 Å². The molecule has 0 radical (unpaired) electrons. The van der Waals surface area contributed by atoms with Gasteiger partial charge in [-0.3, -0.25) is 4.79 Å². The predicted molar refractivity (Wildman–Crippen MR) is 77.0 cm³/mol. The highest BCUT2D eigenvalue weighted by molar-refractivity contribution is 6.09. The summed E-state index contributed by atoms with van der Waals surface area (Å²) in [5.74, 6) is 0.0677. The van der Waals surface area contributed by atoms with Crippen LogP contribution in [0.25, 0.3) is 11.3 Å². The Morgan fingerprint density at radius 1 is 1.00 bits per heavy atom. The van der Waals surface area contributed by atoms with E-state index in [9.17, 15) is 4.79 Å². The minimum Gasteiger partial charge on any atom is -0.352 e. The molecule has 2 aromatic rings. The Bertz CT molecular complexity index is 647. The van der Waals surface area contributed by atoms with Crippen LogP contribution in [0.4, 0.5) is 0 Å². The number of H-pyrrole nitrogens is 1. The molecular formula is C17H15NO. The first kappa shape index (κ1) is 11.7. The van der Waals surface area contributed by atoms with Crippen molar-refractivity contribution in [3.63, 3.8) is 0 Å². The van der Waals surface area contributed by atoms with Crippen molar-refractivity contribution in [1.82, 2.24) is 4.98 Å². The van der Waals surface area contributed by atoms with Crippen LogP contribution in [-0.2, 0) is 0 Å². The number of carbonyl (C=O) groups is 1. The quantitative estimate of drug-likeness (QED) is 0.815. The SMILES string of the molecule is O=C(C1=CCCC=C1)c1ccc(-c2ccccc2)[nH]1. The fourth-order valence-corrected chi connectivity index (χ4v) is 2.25. The van der Waals surface area contributed by atoms with Crippen molar-refractivity contribution >= 4 is 5.78 Å². The third-order valence-electron chi connectivity index (χ3n) is 3.27. The summed E-state index contributed by atoms with van der Waals surface area (Å²) in [5.41, 5.74) is 3.50. The van der Waals surface area contributed by atoms with Crippen LogP contribution in [-0.4, -0.2) is 10.8 Å². The van der Waals surface area contributed by atoms with Gasteiger partial charge in [0.1, 0.15) is 0 Å². The van der Waals surface area contributed by atoms with Crippen LogP contribution >= 0.6 is 0 Å². The van der Waals surface area contributed by atoms with Crippen LogP contribution in [0.15, 0.2) is 66.3 Å². The normalized spacial score (nSPS) is 14.2. The van der Waals surface area contributed by atoms with Crippen molar-refractivity contribution in [2.75, 3.05) is 0 Å². The number of rotatable bonds is 3. The average molecular weight is 249 g/mol. The van der Waals surface area contributed by atoms with Gasteiger partial charge in [0.05, 0.1) is 5.69 Å². The molecule has 0 spiro atoms. The second-order valence-electron chi connectivity index (χ2n) is 4.62. The fraction of sp³-hybridized carbons (Fsp3) is 0.118. The average Bonchev–Trinajstić information content (AvgIpc) is 2.98. The summed E-state index contributed by atoms with van der Waals surface area (Å²) in [4.78, 5) is 15.5. The summed E-state index contributed by atoms with van der Waals surface area (Å²) < 4.78 is 0. The Morgan fingerprint density at radius 3 is 2.58 bits per heavy atom. The molecular weight excluding hydrogens is 234 g/mol. The van der Waals surface area contributed by atoms with E-state index < -0.39 is 0 Å². The number of allylic oxidation sites excluding steroid dienone is 4. The van der Waals surface area contributed by atoms with E-state index in [1.54, 1.807) is 0 Å². The van der Waals surface area contributed by atoms with E-state index in [4.69, 9.17) is 0 Å². The molecule has 0 saturated carbocycles. The Morgan fingerprint density at radius 2 is 1.84 bits per heavy atom. The van der Waals surface area contributed by atoms with Crippen molar-refractivity contribution in [2.24, 2.45) is 0 Å². The molecule has 94 valence electrons. The number of carbonyl (C=O) groups excluding carboxylic acids is 1. The summed E-state index contributed by atoms with van der Waals surface area (Å²) in [6.07, 6.45) is 7.94. The van der Waals surface area contributed by atoms with Crippen LogP contribution in [0.2, 0.25) is 0 Å². The monoisotopic (exact) mass is 249 g/mol. The Kier molecular flexibility index (Phi) is 3.15. The fourth-order valence-electron chi connectivity index (χ4n) is 2.25. The summed E-state index contributed by atoms with van der Waals surface area (Å²) in [6.45, 7) is 0. The summed E-state index contributed by atoms with van der Waals surface area (Å²) >= 11 is 0. The summed E-state index contributed by atoms with van der Waals surface area (Å²) in [6, 6.07) is 13.8. The lowest BCUT2D eigenvalue weighted by Crippen LogP contribution is -2.03. The predicted octanol–water partition coefficient (Wildman–Crippen LogP) is 4.14. The summed E-state index contributed by atoms with van der Waals surface area (Å²) in [7, 11) is 0. The van der Waals surface area contributed by atoms with Crippen LogP contribution < -0.4 is 0 Å². The molecule has 3 rings (SSSR count). The van der Waals surface area contributed by atoms with E-state index in [-0.39, 0.29) is 5.78 Å². The lowest BCUT2D eigenvalue weighted by molar-refractivity contribution is 0.103. The van der Waals surface area contributed by atoms with Crippen LogP contribution in [0, 0.1) is 0 Å². The number of aromatic amines is 1. The Labute approximate surface area is 112 Å². The van der Waals surface area contributed by atoms with E-state index in [2.05, 4.69) is 4.98 Å². The van der Waals surface area contributed by atoms with E-state index in [1.165, 1.54) is 0 Å². The molecule has 0 saturated heterocycles. The highest BCUT2D eigenvalue weighted by atomic mass is 16.1. The van der Waals surface area contributed by atoms with Crippen LogP contribution in [0.5, 0.6) is 0 Å². The maximum atomic E-state index is 12.3. The number of ketones is 1. The van der Waals surface area contributed by atoms with Gasteiger partial charge >= 0.3 is 0 Å². The van der Waals surface area contributed by atoms with E-state index in [0.29, 0.717) is 5.69 Å². The minimum absolute atomic E-state index is 0.0677. The first-order valence-corrected chi connectivity index (χ1v) is 6.50. The van der Waals surface area contributed by atoms with Crippen molar-refractivity contribution < 1.29 is 4.79 Å². The zero-order valence-electron chi connectivity index (χ0n) is 10.6. The molecule has 1 aliphatic carbocycles. The van der Waals surface area contributed by atoms with E-state index >= 15 is 0 Å². The molecule has 0 bridgehead atoms. The maximum Gasteiger partial charge on any atom is 0.208 e. The number of hydrogen-bond donors (Lipinski definition) is 1. The van der Waals surface area contributed by atoms with Crippen LogP contribution in [0.1, 0.15) is 23.3 Å². The largest absolute Gasteiger partial charge is 0.352 e. The number of nitrogens with one attached hydrogen (secondary N) is 1. The number of aromatic nitrogens is 1. The summed E-state index contributed by atoms with van der Waals surface area (Å²) in [5, 5.41) is 0. The highest BCUT2D eigenvalue weighted by Gasteiger charge is 2.13. The smallest absolute Gasteiger partial charge is 0.208 e. The van der Waals surface area contributed by atoms with E-state index in [0.717, 1.165) is 29.7 Å². The van der Waals surface area contributed by atoms with E-state index in [1.807, 2.05) is 60.7 Å². The molecule has 1 aliphatic rings. The number of benzene rings is 1. The van der Waals surface area contributed by atoms with Gasteiger partial charge < -0.3 is 4.98 Å². The molecule has 1 aromatic heterocycles. The third kappa shape index (κ3) is 2.43. The molecule has 1 N–H and O–H groups in total. The minimum atomic E-state index is 0.0677. The molecule has 0 unspecified atom stereocenters. The van der Waals surface area contributed by atoms with Gasteiger partial charge in [-0.15, -0.1) is 0 Å². The zero-order valence-corrected chi connectivity index (χ0v) is 10.6. The van der Waals surface area contributed by atoms with Gasteiger partial charge in [-0.05, 0) is 30.5 Å². The first-order valence-electron chi connectivity index (χ1n) is 6.50. The molecule has 19 heavy (non-hydrogen) atoms. The lowest BCUT2D eigenvalue weighted by atomic mass is 10.0. The molecule has 0 aliphatic heterocycles. The van der Waals surface area contributed by atoms with Gasteiger partial charge in [0.2, 0.25) is 5.78 Å². The maximum absolute atomic E-state index is 12.3. The molecule has 0 amide bonds. The van der Waals surface area contributed by atoms with Gasteiger partial charge in [0.25, 0.3) is 0 Å². The standard InChI is InChI=1S/C17H15NO/c19-17(14-9-5-2-6-10-14)16-12-11-15(18-16)13-7-3-1-4-8-13/h1,3-5,7-12,18H,2,6H2. The molecule has 2 nitrogen and oxygen atoms in total. The van der Waals surface area contributed by atoms with Gasteiger partial charge in [-0.1, -0.05) is 48.6 Å². The Hall–Kier alpha value is -2.35. The first-order chi connectivity index (χ1) is 9.34. The molecule has 1 heterocycles. The highest BCUT2D eigenvalue weighted by Crippen LogP contribution is 2.20. The molecule has 1 aromatic carbocycles. The topological polar surface area (TPSA) is 32.9 Å². The van der Waals surface area contributed by atoms with Crippen LogP contribution in [0.3, 0.4) is 0 Å². The lowest BCUT2D eigenvalue weighted by Gasteiger charge is -2.04. The van der Waals surface area contributed by atoms with Crippen molar-refractivity contribution in [2.45, 2.75) is 12.8 Å². The second kappa shape index (κ2) is 5.11. The third-order valence-corrected chi connectivity index (χ3v) is 3.27. The van der Waals surface area contributed by atoms with Crippen molar-refractivity contribution in [3.05, 3.63) is 72.0 Å². The number of Topliss-reactive ketones (excluding diaryl/α,β-unsaturated/α-hetero) is 1. The number of hydrogen-bond acceptors (Lipinski definition) is 1. The van der Waals surface area contributed by atoms with Gasteiger partial charge in [0, 0.05) is 11.3 Å².